The maximum atomic E-state index is 14.0. The summed E-state index contributed by atoms with van der Waals surface area (Å²) < 4.78 is 5.70. The Morgan fingerprint density at radius 2 is 1.78 bits per heavy atom. The number of hydrogen-bond donors (Lipinski definition) is 2. The zero-order valence-electron chi connectivity index (χ0n) is 28.9. The number of piperazine rings is 1. The highest BCUT2D eigenvalue weighted by Gasteiger charge is 2.51. The van der Waals surface area contributed by atoms with Crippen LogP contribution in [0.4, 0.5) is 11.4 Å². The number of aromatic amines is 1. The number of rotatable bonds is 9. The smallest absolute Gasteiger partial charge is 0.236 e. The van der Waals surface area contributed by atoms with Crippen molar-refractivity contribution in [1.82, 2.24) is 25.0 Å². The number of carbonyl (C=O) groups excluding carboxylic acids is 2. The highest BCUT2D eigenvalue weighted by Crippen LogP contribution is 2.43. The Labute approximate surface area is 291 Å². The molecule has 0 bridgehead atoms. The summed E-state index contributed by atoms with van der Waals surface area (Å²) in [6.07, 6.45) is 4.78. The Hall–Kier alpha value is -5.30. The molecule has 0 radical (unpaired) electrons. The molecule has 3 aliphatic rings. The second-order valence-electron chi connectivity index (χ2n) is 13.6. The zero-order valence-corrected chi connectivity index (χ0v) is 28.9. The lowest BCUT2D eigenvalue weighted by atomic mass is 9.85. The largest absolute Gasteiger partial charge is 0.475 e. The van der Waals surface area contributed by atoms with Crippen molar-refractivity contribution in [2.45, 2.75) is 32.8 Å². The average molecular weight is 677 g/mol. The number of aromatic nitrogens is 3. The number of carbonyl (C=O) groups is 2. The second kappa shape index (κ2) is 13.9. The van der Waals surface area contributed by atoms with Gasteiger partial charge >= 0.3 is 0 Å². The van der Waals surface area contributed by atoms with Gasteiger partial charge in [-0.3, -0.25) is 24.6 Å². The first-order chi connectivity index (χ1) is 24.2. The minimum atomic E-state index is -0.465. The van der Waals surface area contributed by atoms with Crippen molar-refractivity contribution in [3.05, 3.63) is 66.4 Å². The number of anilines is 2. The molecule has 7 rings (SSSR count). The number of H-pyrrole nitrogens is 1. The number of nitrogens with zero attached hydrogens (tertiary/aromatic N) is 8. The Morgan fingerprint density at radius 1 is 1.02 bits per heavy atom. The van der Waals surface area contributed by atoms with Crippen molar-refractivity contribution in [2.75, 3.05) is 69.2 Å². The van der Waals surface area contributed by atoms with Crippen molar-refractivity contribution in [3.8, 4) is 17.1 Å². The fraction of sp³-hybridized carbons (Fsp3) is 0.405. The second-order valence-corrected chi connectivity index (χ2v) is 13.6. The molecule has 5 heterocycles. The van der Waals surface area contributed by atoms with Gasteiger partial charge in [0, 0.05) is 86.5 Å². The maximum Gasteiger partial charge on any atom is 0.236 e. The van der Waals surface area contributed by atoms with Crippen LogP contribution in [0.25, 0.3) is 22.2 Å². The van der Waals surface area contributed by atoms with Crippen LogP contribution < -0.4 is 20.3 Å². The average Bonchev–Trinajstić information content (AvgIpc) is 3.84. The molecule has 3 fully saturated rings. The fourth-order valence-electron chi connectivity index (χ4n) is 7.30. The van der Waals surface area contributed by atoms with E-state index in [4.69, 9.17) is 10.5 Å². The number of benzene rings is 2. The van der Waals surface area contributed by atoms with Gasteiger partial charge in [-0.1, -0.05) is 0 Å². The molecule has 0 unspecified atom stereocenters. The molecule has 1 atom stereocenters. The SMILES string of the molecule is CN=CN=C(N)c1ccc(N2CCN(C(=O)CN3CC[C@]4(CCN(c5ccc6[nH]nc(-c7ccc(OC(C)C)nc7)c6c5)C4=O)C3)CC2)cc1. The number of amidine groups is 1. The van der Waals surface area contributed by atoms with E-state index in [0.717, 1.165) is 71.6 Å². The molecule has 3 saturated heterocycles. The van der Waals surface area contributed by atoms with E-state index >= 15 is 0 Å². The Kier molecular flexibility index (Phi) is 9.23. The van der Waals surface area contributed by atoms with E-state index in [-0.39, 0.29) is 17.9 Å². The predicted molar refractivity (Wildman–Crippen MR) is 196 cm³/mol. The lowest BCUT2D eigenvalue weighted by Crippen LogP contribution is -2.51. The van der Waals surface area contributed by atoms with Crippen LogP contribution in [0, 0.1) is 5.41 Å². The van der Waals surface area contributed by atoms with Crippen LogP contribution in [0.5, 0.6) is 5.88 Å². The van der Waals surface area contributed by atoms with Crippen LogP contribution in [-0.2, 0) is 9.59 Å². The van der Waals surface area contributed by atoms with Crippen molar-refractivity contribution in [3.63, 3.8) is 0 Å². The summed E-state index contributed by atoms with van der Waals surface area (Å²) in [7, 11) is 1.65. The molecule has 0 saturated carbocycles. The molecule has 3 N–H and O–H groups in total. The molecule has 13 heteroatoms. The molecule has 4 aromatic rings. The van der Waals surface area contributed by atoms with Crippen LogP contribution in [0.3, 0.4) is 0 Å². The van der Waals surface area contributed by atoms with Crippen LogP contribution >= 0.6 is 0 Å². The maximum absolute atomic E-state index is 14.0. The van der Waals surface area contributed by atoms with Gasteiger partial charge in [0.2, 0.25) is 17.7 Å². The molecule has 2 aromatic carbocycles. The number of amides is 2. The van der Waals surface area contributed by atoms with Crippen LogP contribution in [0.1, 0.15) is 32.3 Å². The van der Waals surface area contributed by atoms with Gasteiger partial charge in [-0.15, -0.1) is 0 Å². The number of likely N-dealkylation sites (tertiary alicyclic amines) is 1. The van der Waals surface area contributed by atoms with Gasteiger partial charge in [-0.05, 0) is 81.8 Å². The summed E-state index contributed by atoms with van der Waals surface area (Å²) >= 11 is 0. The minimum absolute atomic E-state index is 0.0435. The van der Waals surface area contributed by atoms with Gasteiger partial charge < -0.3 is 25.2 Å². The molecule has 260 valence electrons. The summed E-state index contributed by atoms with van der Waals surface area (Å²) in [4.78, 5) is 48.1. The van der Waals surface area contributed by atoms with E-state index in [0.29, 0.717) is 44.4 Å². The molecule has 0 aliphatic carbocycles. The Bertz CT molecular complexity index is 1910. The summed E-state index contributed by atoms with van der Waals surface area (Å²) in [5.74, 6) is 1.25. The standard InChI is InChI=1S/C37H44N10O3/c1-25(2)50-32-11-6-27(21-40-32)34-30-20-29(9-10-31(30)42-43-34)47-15-13-37(36(47)49)12-14-44(23-37)22-33(48)46-18-16-45(17-19-46)28-7-4-26(5-8-28)35(38)41-24-39-3/h4-11,20-21,24-25H,12-19,22-23H2,1-3H3,(H,42,43)(H2,38,39,41)/t37-/m0/s1. The summed E-state index contributed by atoms with van der Waals surface area (Å²) in [6, 6.07) is 17.8. The van der Waals surface area contributed by atoms with Gasteiger partial charge in [0.1, 0.15) is 17.9 Å². The first-order valence-corrected chi connectivity index (χ1v) is 17.3. The lowest BCUT2D eigenvalue weighted by molar-refractivity contribution is -0.133. The molecule has 1 spiro atoms. The first kappa shape index (κ1) is 33.2. The quantitative estimate of drug-likeness (QED) is 0.202. The molecule has 2 amide bonds. The number of nitrogens with one attached hydrogen (secondary N) is 1. The molecule has 3 aliphatic heterocycles. The van der Waals surface area contributed by atoms with Gasteiger partial charge in [0.15, 0.2) is 0 Å². The molecule has 50 heavy (non-hydrogen) atoms. The van der Waals surface area contributed by atoms with E-state index in [9.17, 15) is 9.59 Å². The summed E-state index contributed by atoms with van der Waals surface area (Å²) in [5, 5.41) is 8.61. The summed E-state index contributed by atoms with van der Waals surface area (Å²) in [5.41, 5.74) is 10.9. The third kappa shape index (κ3) is 6.65. The third-order valence-corrected chi connectivity index (χ3v) is 10.0. The van der Waals surface area contributed by atoms with Gasteiger partial charge in [0.05, 0.1) is 23.6 Å². The number of hydrogen-bond acceptors (Lipinski definition) is 8. The summed E-state index contributed by atoms with van der Waals surface area (Å²) in [6.45, 7) is 9.10. The molecular weight excluding hydrogens is 632 g/mol. The zero-order chi connectivity index (χ0) is 34.8. The van der Waals surface area contributed by atoms with Crippen molar-refractivity contribution >= 4 is 46.3 Å². The van der Waals surface area contributed by atoms with Gasteiger partial charge in [0.25, 0.3) is 0 Å². The van der Waals surface area contributed by atoms with E-state index < -0.39 is 5.41 Å². The monoisotopic (exact) mass is 676 g/mol. The van der Waals surface area contributed by atoms with Gasteiger partial charge in [-0.2, -0.15) is 5.10 Å². The fourth-order valence-corrected chi connectivity index (χ4v) is 7.30. The topological polar surface area (TPSA) is 149 Å². The highest BCUT2D eigenvalue weighted by molar-refractivity contribution is 6.03. The number of pyridine rings is 1. The van der Waals surface area contributed by atoms with E-state index in [1.807, 2.05) is 78.2 Å². The van der Waals surface area contributed by atoms with E-state index in [1.54, 1.807) is 13.2 Å². The van der Waals surface area contributed by atoms with Crippen LogP contribution in [0.2, 0.25) is 0 Å². The van der Waals surface area contributed by atoms with Gasteiger partial charge in [-0.25, -0.2) is 9.98 Å². The number of fused-ring (bicyclic) bond motifs is 1. The van der Waals surface area contributed by atoms with Crippen molar-refractivity contribution in [2.24, 2.45) is 21.1 Å². The van der Waals surface area contributed by atoms with Crippen molar-refractivity contribution < 1.29 is 14.3 Å². The van der Waals surface area contributed by atoms with E-state index in [2.05, 4.69) is 35.0 Å². The Balaban J connectivity index is 0.945. The normalized spacial score (nSPS) is 20.4. The number of nitrogens with two attached hydrogens (primary N) is 1. The van der Waals surface area contributed by atoms with Crippen LogP contribution in [-0.4, -0.2) is 114 Å². The molecule has 2 aromatic heterocycles. The molecule has 13 nitrogen and oxygen atoms in total. The predicted octanol–water partition coefficient (Wildman–Crippen LogP) is 3.55. The third-order valence-electron chi connectivity index (χ3n) is 10.0. The Morgan fingerprint density at radius 3 is 2.50 bits per heavy atom. The lowest BCUT2D eigenvalue weighted by Gasteiger charge is -2.37. The number of aliphatic imine (C=N–C) groups is 2. The van der Waals surface area contributed by atoms with Crippen molar-refractivity contribution in [1.29, 1.82) is 0 Å². The minimum Gasteiger partial charge on any atom is -0.475 e. The number of ether oxygens (including phenoxy) is 1. The molecular formula is C37H44N10O3. The van der Waals surface area contributed by atoms with E-state index in [1.165, 1.54) is 6.34 Å². The highest BCUT2D eigenvalue weighted by atomic mass is 16.5. The first-order valence-electron chi connectivity index (χ1n) is 17.3. The van der Waals surface area contributed by atoms with Crippen LogP contribution in [0.15, 0.2) is 70.8 Å².